The van der Waals surface area contributed by atoms with Crippen molar-refractivity contribution in [2.24, 2.45) is 16.7 Å². The number of pyridine rings is 1. The predicted molar refractivity (Wildman–Crippen MR) is 134 cm³/mol. The van der Waals surface area contributed by atoms with Gasteiger partial charge in [0.1, 0.15) is 17.3 Å². The van der Waals surface area contributed by atoms with E-state index in [0.29, 0.717) is 42.8 Å². The quantitative estimate of drug-likeness (QED) is 0.139. The average molecular weight is 531 g/mol. The van der Waals surface area contributed by atoms with E-state index in [0.717, 1.165) is 6.20 Å². The van der Waals surface area contributed by atoms with Gasteiger partial charge in [-0.3, -0.25) is 9.78 Å². The number of nitrogens with two attached hydrogens (primary N) is 2. The molecule has 0 fully saturated rings. The van der Waals surface area contributed by atoms with Crippen LogP contribution in [0.3, 0.4) is 0 Å². The number of halogens is 4. The Morgan fingerprint density at radius 1 is 1.22 bits per heavy atom. The highest BCUT2D eigenvalue weighted by molar-refractivity contribution is 6.33. The molecule has 1 aromatic heterocycles. The van der Waals surface area contributed by atoms with Gasteiger partial charge in [-0.1, -0.05) is 23.7 Å². The lowest BCUT2D eigenvalue weighted by Gasteiger charge is -2.21. The predicted octanol–water partition coefficient (Wildman–Crippen LogP) is 4.96. The maximum atomic E-state index is 13.3. The molecule has 12 heteroatoms. The Bertz CT molecular complexity index is 1370. The average Bonchev–Trinajstić information content (AvgIpc) is 2.89. The molecule has 0 aliphatic heterocycles. The summed E-state index contributed by atoms with van der Waals surface area (Å²) < 4.78 is 45.0. The van der Waals surface area contributed by atoms with E-state index in [1.165, 1.54) is 23.1 Å². The van der Waals surface area contributed by atoms with Crippen LogP contribution in [-0.2, 0) is 6.18 Å². The molecule has 0 spiro atoms. The Balaban J connectivity index is 1.89. The fourth-order valence-electron chi connectivity index (χ4n) is 3.44. The van der Waals surface area contributed by atoms with Crippen LogP contribution in [0, 0.1) is 11.3 Å². The monoisotopic (exact) mass is 530 g/mol. The number of hydrogen-bond acceptors (Lipinski definition) is 6. The molecule has 3 rings (SSSR count). The van der Waals surface area contributed by atoms with Gasteiger partial charge in [0, 0.05) is 41.4 Å². The third-order valence-corrected chi connectivity index (χ3v) is 5.68. The van der Waals surface area contributed by atoms with Gasteiger partial charge in [0.15, 0.2) is 0 Å². The number of para-hydroxylation sites is 2. The van der Waals surface area contributed by atoms with Crippen molar-refractivity contribution < 1.29 is 22.7 Å². The van der Waals surface area contributed by atoms with Crippen molar-refractivity contribution in [3.63, 3.8) is 0 Å². The van der Waals surface area contributed by atoms with Gasteiger partial charge in [-0.25, -0.2) is 0 Å². The first-order valence-corrected chi connectivity index (χ1v) is 11.2. The van der Waals surface area contributed by atoms with Crippen molar-refractivity contribution in [3.05, 3.63) is 76.6 Å². The summed E-state index contributed by atoms with van der Waals surface area (Å²) in [5.74, 6) is 5.43. The Morgan fingerprint density at radius 3 is 2.62 bits per heavy atom. The maximum Gasteiger partial charge on any atom is 0.433 e. The second-order valence-corrected chi connectivity index (χ2v) is 8.23. The minimum Gasteiger partial charge on any atom is -0.491 e. The Morgan fingerprint density at radius 2 is 1.95 bits per heavy atom. The van der Waals surface area contributed by atoms with Crippen molar-refractivity contribution >= 4 is 29.0 Å². The number of amidine groups is 1. The van der Waals surface area contributed by atoms with E-state index < -0.39 is 17.8 Å². The summed E-state index contributed by atoms with van der Waals surface area (Å²) in [5, 5.41) is 13.0. The number of aromatic nitrogens is 1. The van der Waals surface area contributed by atoms with Gasteiger partial charge in [-0.05, 0) is 42.8 Å². The first-order chi connectivity index (χ1) is 17.6. The van der Waals surface area contributed by atoms with Crippen molar-refractivity contribution in [3.8, 4) is 22.9 Å². The number of nitrogens with zero attached hydrogens (tertiary/aromatic N) is 4. The Hall–Kier alpha value is -4.30. The number of hydrogen-bond donors (Lipinski definition) is 2. The standard InChI is InChI=1S/C25H22ClF3N6O2/c1-35(20-5-2-3-6-21(20)37-10-4-7-23(31)34-32)24(36)15-8-9-19(26)17(11-15)18-14-33-22(25(27,28)29)12-16(18)13-30/h2-3,5-6,8-9,11-12,14H,4,7,10,32H2,1H3,(H2,31,34). The van der Waals surface area contributed by atoms with E-state index in [1.807, 2.05) is 0 Å². The van der Waals surface area contributed by atoms with Crippen molar-refractivity contribution in [1.29, 1.82) is 5.26 Å². The highest BCUT2D eigenvalue weighted by Gasteiger charge is 2.33. The number of ether oxygens (including phenoxy) is 1. The molecule has 8 nitrogen and oxygen atoms in total. The summed E-state index contributed by atoms with van der Waals surface area (Å²) in [6.07, 6.45) is -2.79. The fraction of sp³-hybridized carbons (Fsp3) is 0.200. The van der Waals surface area contributed by atoms with Crippen LogP contribution in [0.25, 0.3) is 11.1 Å². The van der Waals surface area contributed by atoms with E-state index in [1.54, 1.807) is 37.4 Å². The molecule has 0 saturated carbocycles. The number of hydrazone groups is 1. The van der Waals surface area contributed by atoms with E-state index in [4.69, 9.17) is 27.9 Å². The minimum atomic E-state index is -4.71. The van der Waals surface area contributed by atoms with Gasteiger partial charge in [-0.15, -0.1) is 0 Å². The Kier molecular flexibility index (Phi) is 8.57. The van der Waals surface area contributed by atoms with Crippen molar-refractivity contribution in [2.45, 2.75) is 19.0 Å². The molecule has 0 atom stereocenters. The van der Waals surface area contributed by atoms with E-state index in [-0.39, 0.29) is 27.3 Å². The molecule has 0 radical (unpaired) electrons. The third kappa shape index (κ3) is 6.48. The van der Waals surface area contributed by atoms with Crippen molar-refractivity contribution in [1.82, 2.24) is 4.98 Å². The molecule has 3 aromatic rings. The number of amides is 1. The van der Waals surface area contributed by atoms with Gasteiger partial charge >= 0.3 is 6.18 Å². The molecule has 4 N–H and O–H groups in total. The zero-order chi connectivity index (χ0) is 27.2. The first kappa shape index (κ1) is 27.3. The molecular weight excluding hydrogens is 509 g/mol. The molecule has 0 aliphatic carbocycles. The fourth-order valence-corrected chi connectivity index (χ4v) is 3.66. The lowest BCUT2D eigenvalue weighted by atomic mass is 9.99. The van der Waals surface area contributed by atoms with Crippen LogP contribution >= 0.6 is 11.6 Å². The zero-order valence-electron chi connectivity index (χ0n) is 19.6. The molecule has 0 aliphatic rings. The number of benzene rings is 2. The summed E-state index contributed by atoms with van der Waals surface area (Å²) in [4.78, 5) is 18.1. The van der Waals surface area contributed by atoms with Crippen molar-refractivity contribution in [2.75, 3.05) is 18.6 Å². The molecule has 192 valence electrons. The molecular formula is C25H22ClF3N6O2. The minimum absolute atomic E-state index is 0.0711. The zero-order valence-corrected chi connectivity index (χ0v) is 20.3. The van der Waals surface area contributed by atoms with E-state index in [9.17, 15) is 23.2 Å². The first-order valence-electron chi connectivity index (χ1n) is 10.9. The second kappa shape index (κ2) is 11.6. The lowest BCUT2D eigenvalue weighted by Crippen LogP contribution is -2.27. The van der Waals surface area contributed by atoms with Gasteiger partial charge in [0.05, 0.1) is 23.9 Å². The van der Waals surface area contributed by atoms with Crippen LogP contribution in [0.5, 0.6) is 5.75 Å². The number of anilines is 1. The number of carbonyl (C=O) groups excluding carboxylic acids is 1. The van der Waals surface area contributed by atoms with E-state index >= 15 is 0 Å². The van der Waals surface area contributed by atoms with Crippen LogP contribution in [0.1, 0.15) is 34.5 Å². The molecule has 0 bridgehead atoms. The highest BCUT2D eigenvalue weighted by Crippen LogP contribution is 2.35. The Labute approximate surface area is 215 Å². The largest absolute Gasteiger partial charge is 0.491 e. The third-order valence-electron chi connectivity index (χ3n) is 5.35. The van der Waals surface area contributed by atoms with Crippen LogP contribution in [-0.4, -0.2) is 30.4 Å². The molecule has 2 aromatic carbocycles. The van der Waals surface area contributed by atoms with Gasteiger partial charge in [0.25, 0.3) is 5.91 Å². The van der Waals surface area contributed by atoms with E-state index in [2.05, 4.69) is 10.1 Å². The smallest absolute Gasteiger partial charge is 0.433 e. The summed E-state index contributed by atoms with van der Waals surface area (Å²) in [6, 6.07) is 13.6. The van der Waals surface area contributed by atoms with Gasteiger partial charge in [0.2, 0.25) is 0 Å². The maximum absolute atomic E-state index is 13.3. The normalized spacial score (nSPS) is 11.6. The second-order valence-electron chi connectivity index (χ2n) is 7.82. The number of alkyl halides is 3. The van der Waals surface area contributed by atoms with Crippen LogP contribution in [0.2, 0.25) is 5.02 Å². The molecule has 1 amide bonds. The topological polar surface area (TPSA) is 131 Å². The number of nitriles is 1. The van der Waals surface area contributed by atoms with Crippen LogP contribution < -0.4 is 21.2 Å². The summed E-state index contributed by atoms with van der Waals surface area (Å²) in [5.41, 5.74) is 5.04. The van der Waals surface area contributed by atoms with Gasteiger partial charge < -0.3 is 21.2 Å². The summed E-state index contributed by atoms with van der Waals surface area (Å²) in [6.45, 7) is 0.304. The lowest BCUT2D eigenvalue weighted by molar-refractivity contribution is -0.141. The summed E-state index contributed by atoms with van der Waals surface area (Å²) in [7, 11) is 1.55. The molecule has 37 heavy (non-hydrogen) atoms. The number of carbonyl (C=O) groups is 1. The molecule has 0 unspecified atom stereocenters. The highest BCUT2D eigenvalue weighted by atomic mass is 35.5. The molecule has 1 heterocycles. The SMILES string of the molecule is CN(C(=O)c1ccc(Cl)c(-c2cnc(C(F)(F)F)cc2C#N)c1)c1ccccc1OCCC/C(N)=N/N. The summed E-state index contributed by atoms with van der Waals surface area (Å²) >= 11 is 6.29. The van der Waals surface area contributed by atoms with Crippen LogP contribution in [0.15, 0.2) is 59.8 Å². The molecule has 0 saturated heterocycles. The van der Waals surface area contributed by atoms with Crippen LogP contribution in [0.4, 0.5) is 18.9 Å². The number of rotatable bonds is 8. The van der Waals surface area contributed by atoms with Gasteiger partial charge in [-0.2, -0.15) is 23.5 Å².